The maximum atomic E-state index is 11.9. The van der Waals surface area contributed by atoms with Crippen LogP contribution in [-0.4, -0.2) is 23.9 Å². The van der Waals surface area contributed by atoms with Crippen LogP contribution in [0.4, 0.5) is 18.9 Å². The number of rotatable bonds is 3. The Labute approximate surface area is 88.4 Å². The number of ether oxygens (including phenoxy) is 1. The van der Waals surface area contributed by atoms with Crippen LogP contribution < -0.4 is 10.5 Å². The summed E-state index contributed by atoms with van der Waals surface area (Å²) in [5.41, 5.74) is 4.79. The van der Waals surface area contributed by atoms with Crippen molar-refractivity contribution < 1.29 is 27.8 Å². The van der Waals surface area contributed by atoms with Crippen LogP contribution in [0.15, 0.2) is 18.2 Å². The van der Waals surface area contributed by atoms with Crippen molar-refractivity contribution in [3.63, 3.8) is 0 Å². The third-order valence-electron chi connectivity index (χ3n) is 1.66. The molecule has 16 heavy (non-hydrogen) atoms. The highest BCUT2D eigenvalue weighted by Crippen LogP contribution is 2.28. The van der Waals surface area contributed by atoms with Crippen molar-refractivity contribution in [1.82, 2.24) is 0 Å². The molecule has 0 atom stereocenters. The summed E-state index contributed by atoms with van der Waals surface area (Å²) in [6.45, 7) is -1.58. The lowest BCUT2D eigenvalue weighted by Crippen LogP contribution is -2.20. The van der Waals surface area contributed by atoms with Crippen molar-refractivity contribution >= 4 is 11.7 Å². The SMILES string of the molecule is Nc1cccc(C(=O)O)c1OCC(F)(F)F. The quantitative estimate of drug-likeness (QED) is 0.785. The Morgan fingerprint density at radius 3 is 2.56 bits per heavy atom. The van der Waals surface area contributed by atoms with E-state index in [1.165, 1.54) is 12.1 Å². The molecule has 88 valence electrons. The predicted molar refractivity (Wildman–Crippen MR) is 49.4 cm³/mol. The van der Waals surface area contributed by atoms with Gasteiger partial charge in [0.05, 0.1) is 5.69 Å². The van der Waals surface area contributed by atoms with Gasteiger partial charge in [-0.1, -0.05) is 6.07 Å². The van der Waals surface area contributed by atoms with E-state index in [1.807, 2.05) is 0 Å². The fourth-order valence-electron chi connectivity index (χ4n) is 1.04. The van der Waals surface area contributed by atoms with Gasteiger partial charge in [-0.25, -0.2) is 4.79 Å². The molecule has 0 aliphatic heterocycles. The molecule has 1 aromatic rings. The minimum atomic E-state index is -4.54. The van der Waals surface area contributed by atoms with Crippen LogP contribution in [0.3, 0.4) is 0 Å². The Kier molecular flexibility index (Phi) is 3.26. The van der Waals surface area contributed by atoms with Gasteiger partial charge in [0.2, 0.25) is 0 Å². The third kappa shape index (κ3) is 3.04. The zero-order valence-corrected chi connectivity index (χ0v) is 7.91. The molecule has 0 aliphatic carbocycles. The summed E-state index contributed by atoms with van der Waals surface area (Å²) in [4.78, 5) is 10.7. The second kappa shape index (κ2) is 4.30. The van der Waals surface area contributed by atoms with Gasteiger partial charge < -0.3 is 15.6 Å². The first-order valence-corrected chi connectivity index (χ1v) is 4.12. The molecule has 0 radical (unpaired) electrons. The zero-order valence-electron chi connectivity index (χ0n) is 7.91. The monoisotopic (exact) mass is 235 g/mol. The summed E-state index contributed by atoms with van der Waals surface area (Å²) < 4.78 is 40.0. The number of hydrogen-bond donors (Lipinski definition) is 2. The van der Waals surface area contributed by atoms with Gasteiger partial charge in [0.15, 0.2) is 12.4 Å². The van der Waals surface area contributed by atoms with Gasteiger partial charge >= 0.3 is 12.1 Å². The van der Waals surface area contributed by atoms with E-state index in [0.717, 1.165) is 6.07 Å². The molecular weight excluding hydrogens is 227 g/mol. The second-order valence-corrected chi connectivity index (χ2v) is 2.93. The van der Waals surface area contributed by atoms with E-state index < -0.39 is 30.1 Å². The smallest absolute Gasteiger partial charge is 0.422 e. The molecule has 0 saturated carbocycles. The minimum absolute atomic E-state index is 0.149. The van der Waals surface area contributed by atoms with Crippen molar-refractivity contribution in [2.75, 3.05) is 12.3 Å². The Morgan fingerprint density at radius 2 is 2.06 bits per heavy atom. The maximum absolute atomic E-state index is 11.9. The number of hydrogen-bond acceptors (Lipinski definition) is 3. The topological polar surface area (TPSA) is 72.6 Å². The highest BCUT2D eigenvalue weighted by molar-refractivity contribution is 5.93. The van der Waals surface area contributed by atoms with Crippen molar-refractivity contribution in [3.8, 4) is 5.75 Å². The third-order valence-corrected chi connectivity index (χ3v) is 1.66. The first-order chi connectivity index (χ1) is 7.31. The summed E-state index contributed by atoms with van der Waals surface area (Å²) in [5.74, 6) is -1.86. The lowest BCUT2D eigenvalue weighted by Gasteiger charge is -2.12. The first kappa shape index (κ1) is 12.2. The summed E-state index contributed by atoms with van der Waals surface area (Å²) in [5, 5.41) is 8.70. The predicted octanol–water partition coefficient (Wildman–Crippen LogP) is 1.91. The van der Waals surface area contributed by atoms with Crippen LogP contribution in [0.25, 0.3) is 0 Å². The number of carboxylic acid groups (broad SMARTS) is 1. The van der Waals surface area contributed by atoms with Crippen LogP contribution in [0.2, 0.25) is 0 Å². The van der Waals surface area contributed by atoms with Crippen molar-refractivity contribution in [2.24, 2.45) is 0 Å². The molecule has 0 unspecified atom stereocenters. The normalized spacial score (nSPS) is 11.2. The van der Waals surface area contributed by atoms with Gasteiger partial charge in [-0.05, 0) is 12.1 Å². The van der Waals surface area contributed by atoms with E-state index >= 15 is 0 Å². The number of carbonyl (C=O) groups is 1. The number of alkyl halides is 3. The molecule has 0 aromatic heterocycles. The molecule has 1 rings (SSSR count). The molecular formula is C9H8F3NO3. The van der Waals surface area contributed by atoms with Gasteiger partial charge in [0.25, 0.3) is 0 Å². The minimum Gasteiger partial charge on any atom is -0.481 e. The highest BCUT2D eigenvalue weighted by atomic mass is 19.4. The Morgan fingerprint density at radius 1 is 1.44 bits per heavy atom. The van der Waals surface area contributed by atoms with Gasteiger partial charge in [-0.2, -0.15) is 13.2 Å². The van der Waals surface area contributed by atoms with E-state index in [9.17, 15) is 18.0 Å². The largest absolute Gasteiger partial charge is 0.481 e. The fourth-order valence-corrected chi connectivity index (χ4v) is 1.04. The number of halogens is 3. The first-order valence-electron chi connectivity index (χ1n) is 4.12. The van der Waals surface area contributed by atoms with Crippen LogP contribution in [-0.2, 0) is 0 Å². The van der Waals surface area contributed by atoms with Crippen molar-refractivity contribution in [1.29, 1.82) is 0 Å². The number of nitrogens with two attached hydrogens (primary N) is 1. The lowest BCUT2D eigenvalue weighted by molar-refractivity contribution is -0.153. The number of para-hydroxylation sites is 1. The maximum Gasteiger partial charge on any atom is 0.422 e. The molecule has 3 N–H and O–H groups in total. The van der Waals surface area contributed by atoms with Crippen molar-refractivity contribution in [3.05, 3.63) is 23.8 Å². The molecule has 0 saturated heterocycles. The van der Waals surface area contributed by atoms with Crippen LogP contribution in [0.5, 0.6) is 5.75 Å². The lowest BCUT2D eigenvalue weighted by atomic mass is 10.2. The fraction of sp³-hybridized carbons (Fsp3) is 0.222. The zero-order chi connectivity index (χ0) is 12.3. The summed E-state index contributed by atoms with van der Waals surface area (Å²) in [6, 6.07) is 3.70. The number of anilines is 1. The van der Waals surface area contributed by atoms with E-state index in [1.54, 1.807) is 0 Å². The Bertz CT molecular complexity index is 403. The molecule has 0 bridgehead atoms. The standard InChI is InChI=1S/C9H8F3NO3/c10-9(11,12)4-16-7-5(8(14)15)2-1-3-6(7)13/h1-3H,4,13H2,(H,14,15). The number of nitrogen functional groups attached to an aromatic ring is 1. The summed E-state index contributed by atoms with van der Waals surface area (Å²) in [7, 11) is 0. The average molecular weight is 235 g/mol. The molecule has 0 amide bonds. The molecule has 4 nitrogen and oxygen atoms in total. The number of aromatic carboxylic acids is 1. The molecule has 0 aliphatic rings. The van der Waals surface area contributed by atoms with Crippen LogP contribution in [0, 0.1) is 0 Å². The van der Waals surface area contributed by atoms with Gasteiger partial charge in [0, 0.05) is 0 Å². The van der Waals surface area contributed by atoms with Gasteiger partial charge in [-0.15, -0.1) is 0 Å². The van der Waals surface area contributed by atoms with Crippen molar-refractivity contribution in [2.45, 2.75) is 6.18 Å². The summed E-state index contributed by atoms with van der Waals surface area (Å²) in [6.07, 6.45) is -4.54. The molecule has 0 fully saturated rings. The van der Waals surface area contributed by atoms with E-state index in [2.05, 4.69) is 4.74 Å². The molecule has 7 heteroatoms. The summed E-state index contributed by atoms with van der Waals surface area (Å²) >= 11 is 0. The van der Waals surface area contributed by atoms with Gasteiger partial charge in [0.1, 0.15) is 5.56 Å². The van der Waals surface area contributed by atoms with E-state index in [4.69, 9.17) is 10.8 Å². The average Bonchev–Trinajstić information content (AvgIpc) is 2.13. The second-order valence-electron chi connectivity index (χ2n) is 2.93. The Balaban J connectivity index is 2.98. The highest BCUT2D eigenvalue weighted by Gasteiger charge is 2.29. The van der Waals surface area contributed by atoms with E-state index in [0.29, 0.717) is 0 Å². The molecule has 0 spiro atoms. The van der Waals surface area contributed by atoms with Crippen LogP contribution in [0.1, 0.15) is 10.4 Å². The number of carboxylic acids is 1. The molecule has 1 aromatic carbocycles. The van der Waals surface area contributed by atoms with Gasteiger partial charge in [-0.3, -0.25) is 0 Å². The van der Waals surface area contributed by atoms with E-state index in [-0.39, 0.29) is 5.69 Å². The molecule has 0 heterocycles. The van der Waals surface area contributed by atoms with Crippen LogP contribution >= 0.6 is 0 Å². The Hall–Kier alpha value is -1.92. The number of benzene rings is 1.